The van der Waals surface area contributed by atoms with Crippen molar-refractivity contribution in [2.24, 2.45) is 35.0 Å². The summed E-state index contributed by atoms with van der Waals surface area (Å²) in [6, 6.07) is -4.92. The second-order valence-corrected chi connectivity index (χ2v) is 13.7. The van der Waals surface area contributed by atoms with E-state index in [2.05, 4.69) is 21.3 Å². The van der Waals surface area contributed by atoms with Crippen molar-refractivity contribution in [1.82, 2.24) is 21.3 Å². The van der Waals surface area contributed by atoms with E-state index in [1.807, 2.05) is 13.8 Å². The van der Waals surface area contributed by atoms with E-state index in [4.69, 9.17) is 17.2 Å². The van der Waals surface area contributed by atoms with Gasteiger partial charge in [0.05, 0.1) is 18.0 Å². The molecule has 0 spiro atoms. The standard InChI is InChI=1S/C34H59N7O7/c1-21(2)18-23(34(47)48)20-29(42)28(19-22-10-9-11-22)41-33(46)26-13-4-3-12-24(37)30(43)38-25(14-5-7-16-35)31(44)40-27(32(45)39-26)15-6-8-17-36/h3-4,21-28H,5-20,35-37H2,1-2H3,(H,38,43)(H,39,45)(H,40,44)(H,41,46)(H,47,48)/t23-,24+,25+,26+,27+,28+/m1/s1. The fraction of sp³-hybridized carbons (Fsp3) is 0.765. The highest BCUT2D eigenvalue weighted by Gasteiger charge is 2.34. The third-order valence-electron chi connectivity index (χ3n) is 9.11. The lowest BCUT2D eigenvalue weighted by atomic mass is 9.79. The summed E-state index contributed by atoms with van der Waals surface area (Å²) in [5.74, 6) is -4.20. The van der Waals surface area contributed by atoms with E-state index in [-0.39, 0.29) is 43.3 Å². The van der Waals surface area contributed by atoms with Crippen LogP contribution in [0.25, 0.3) is 0 Å². The van der Waals surface area contributed by atoms with E-state index in [0.717, 1.165) is 19.3 Å². The van der Waals surface area contributed by atoms with Gasteiger partial charge in [0, 0.05) is 6.42 Å². The van der Waals surface area contributed by atoms with E-state index in [1.54, 1.807) is 12.2 Å². The van der Waals surface area contributed by atoms with Gasteiger partial charge >= 0.3 is 5.97 Å². The molecule has 1 heterocycles. The summed E-state index contributed by atoms with van der Waals surface area (Å²) in [4.78, 5) is 79.2. The topological polar surface area (TPSA) is 249 Å². The van der Waals surface area contributed by atoms with Crippen molar-refractivity contribution in [2.45, 2.75) is 134 Å². The van der Waals surface area contributed by atoms with Crippen molar-refractivity contribution >= 4 is 35.4 Å². The number of nitrogens with one attached hydrogen (secondary N) is 4. The Labute approximate surface area is 284 Å². The summed E-state index contributed by atoms with van der Waals surface area (Å²) in [7, 11) is 0. The number of carbonyl (C=O) groups excluding carboxylic acids is 5. The molecule has 14 heteroatoms. The number of aliphatic carboxylic acids is 1. The first kappa shape index (κ1) is 40.8. The summed E-state index contributed by atoms with van der Waals surface area (Å²) < 4.78 is 0. The van der Waals surface area contributed by atoms with Crippen LogP contribution in [0.3, 0.4) is 0 Å². The molecular weight excluding hydrogens is 618 g/mol. The molecule has 1 fully saturated rings. The Hall–Kier alpha value is -3.36. The van der Waals surface area contributed by atoms with Gasteiger partial charge in [-0.05, 0) is 89.1 Å². The van der Waals surface area contributed by atoms with Gasteiger partial charge in [0.15, 0.2) is 5.78 Å². The van der Waals surface area contributed by atoms with Crippen LogP contribution < -0.4 is 38.5 Å². The van der Waals surface area contributed by atoms with E-state index in [1.165, 1.54) is 0 Å². The highest BCUT2D eigenvalue weighted by molar-refractivity contribution is 5.96. The average molecular weight is 678 g/mol. The van der Waals surface area contributed by atoms with Crippen molar-refractivity contribution in [2.75, 3.05) is 13.1 Å². The largest absolute Gasteiger partial charge is 0.481 e. The van der Waals surface area contributed by atoms with Gasteiger partial charge in [-0.15, -0.1) is 0 Å². The van der Waals surface area contributed by atoms with E-state index < -0.39 is 65.7 Å². The van der Waals surface area contributed by atoms with Crippen LogP contribution in [0.5, 0.6) is 0 Å². The highest BCUT2D eigenvalue weighted by atomic mass is 16.4. The van der Waals surface area contributed by atoms with Crippen LogP contribution in [-0.2, 0) is 28.8 Å². The zero-order valence-electron chi connectivity index (χ0n) is 28.7. The molecular formula is C34H59N7O7. The normalized spacial score (nSPS) is 24.0. The molecule has 1 aliphatic carbocycles. The Balaban J connectivity index is 2.34. The maximum absolute atomic E-state index is 13.8. The first-order valence-corrected chi connectivity index (χ1v) is 17.6. The number of carboxylic acids is 1. The molecule has 0 aromatic heterocycles. The molecule has 0 radical (unpaired) electrons. The van der Waals surface area contributed by atoms with Gasteiger partial charge in [-0.2, -0.15) is 0 Å². The van der Waals surface area contributed by atoms with E-state index in [9.17, 15) is 33.9 Å². The lowest BCUT2D eigenvalue weighted by molar-refractivity contribution is -0.144. The SMILES string of the molecule is CC(C)C[C@H](CC(=O)[C@H](CC1CCC1)NC(=O)[C@@H]1CC=CC[C@H](N)C(=O)N[C@@H](CCCCN)C(=O)N[C@@H](CCCCN)C(=O)N1)C(=O)O. The van der Waals surface area contributed by atoms with Gasteiger partial charge in [0.2, 0.25) is 23.6 Å². The molecule has 0 unspecified atom stereocenters. The summed E-state index contributed by atoms with van der Waals surface area (Å²) in [6.45, 7) is 4.60. The third kappa shape index (κ3) is 14.4. The number of hydrogen-bond donors (Lipinski definition) is 8. The van der Waals surface area contributed by atoms with Crippen LogP contribution in [0.1, 0.15) is 104 Å². The smallest absolute Gasteiger partial charge is 0.306 e. The number of carboxylic acid groups (broad SMARTS) is 1. The molecule has 1 saturated carbocycles. The maximum Gasteiger partial charge on any atom is 0.306 e. The Bertz CT molecular complexity index is 1110. The van der Waals surface area contributed by atoms with Gasteiger partial charge in [-0.25, -0.2) is 0 Å². The predicted molar refractivity (Wildman–Crippen MR) is 182 cm³/mol. The van der Waals surface area contributed by atoms with Crippen molar-refractivity contribution < 1.29 is 33.9 Å². The minimum Gasteiger partial charge on any atom is -0.481 e. The summed E-state index contributed by atoms with van der Waals surface area (Å²) in [5, 5.41) is 20.8. The number of ketones is 1. The molecule has 14 nitrogen and oxygen atoms in total. The Kier molecular flexibility index (Phi) is 18.3. The van der Waals surface area contributed by atoms with Crippen LogP contribution in [0.15, 0.2) is 12.2 Å². The van der Waals surface area contributed by atoms with Crippen molar-refractivity contribution in [3.05, 3.63) is 12.2 Å². The molecule has 6 atom stereocenters. The van der Waals surface area contributed by atoms with Crippen LogP contribution in [0.2, 0.25) is 0 Å². The Morgan fingerprint density at radius 2 is 1.44 bits per heavy atom. The Morgan fingerprint density at radius 3 is 1.96 bits per heavy atom. The predicted octanol–water partition coefficient (Wildman–Crippen LogP) is 0.757. The molecule has 0 aromatic rings. The number of amides is 4. The van der Waals surface area contributed by atoms with Crippen LogP contribution in [0.4, 0.5) is 0 Å². The molecule has 0 aromatic carbocycles. The monoisotopic (exact) mass is 677 g/mol. The molecule has 48 heavy (non-hydrogen) atoms. The summed E-state index contributed by atoms with van der Waals surface area (Å²) in [6.07, 6.45) is 9.74. The number of Topliss-reactive ketones (excluding diaryl/α,β-unsaturated/α-hetero) is 1. The van der Waals surface area contributed by atoms with Crippen molar-refractivity contribution in [1.29, 1.82) is 0 Å². The lowest BCUT2D eigenvalue weighted by Crippen LogP contribution is -2.58. The number of carbonyl (C=O) groups is 6. The Morgan fingerprint density at radius 1 is 0.875 bits per heavy atom. The number of rotatable bonds is 18. The van der Waals surface area contributed by atoms with Crippen LogP contribution in [0, 0.1) is 17.8 Å². The fourth-order valence-corrected chi connectivity index (χ4v) is 5.99. The van der Waals surface area contributed by atoms with E-state index in [0.29, 0.717) is 58.0 Å². The van der Waals surface area contributed by atoms with Gasteiger partial charge < -0.3 is 43.6 Å². The number of hydrogen-bond acceptors (Lipinski definition) is 9. The molecule has 4 amide bonds. The van der Waals surface area contributed by atoms with Crippen LogP contribution in [-0.4, -0.2) is 83.8 Å². The summed E-state index contributed by atoms with van der Waals surface area (Å²) in [5.41, 5.74) is 17.4. The fourth-order valence-electron chi connectivity index (χ4n) is 5.99. The minimum absolute atomic E-state index is 0.0343. The molecule has 11 N–H and O–H groups in total. The maximum atomic E-state index is 13.8. The third-order valence-corrected chi connectivity index (χ3v) is 9.11. The minimum atomic E-state index is -1.11. The number of unbranched alkanes of at least 4 members (excludes halogenated alkanes) is 2. The highest BCUT2D eigenvalue weighted by Crippen LogP contribution is 2.31. The first-order valence-electron chi connectivity index (χ1n) is 17.6. The van der Waals surface area contributed by atoms with E-state index >= 15 is 0 Å². The zero-order valence-corrected chi connectivity index (χ0v) is 28.7. The van der Waals surface area contributed by atoms with Gasteiger partial charge in [-0.3, -0.25) is 28.8 Å². The average Bonchev–Trinajstić information content (AvgIpc) is 3.01. The van der Waals surface area contributed by atoms with Gasteiger partial charge in [0.1, 0.15) is 18.1 Å². The second-order valence-electron chi connectivity index (χ2n) is 13.7. The molecule has 0 bridgehead atoms. The molecule has 1 aliphatic heterocycles. The number of nitrogens with two attached hydrogens (primary N) is 3. The molecule has 2 aliphatic rings. The molecule has 0 saturated heterocycles. The zero-order chi connectivity index (χ0) is 35.6. The van der Waals surface area contributed by atoms with Crippen molar-refractivity contribution in [3.63, 3.8) is 0 Å². The van der Waals surface area contributed by atoms with Crippen molar-refractivity contribution in [3.8, 4) is 0 Å². The lowest BCUT2D eigenvalue weighted by Gasteiger charge is -2.31. The van der Waals surface area contributed by atoms with Gasteiger partial charge in [-0.1, -0.05) is 45.3 Å². The van der Waals surface area contributed by atoms with Crippen LogP contribution >= 0.6 is 0 Å². The first-order chi connectivity index (χ1) is 22.9. The second kappa shape index (κ2) is 21.6. The van der Waals surface area contributed by atoms with Gasteiger partial charge in [0.25, 0.3) is 0 Å². The molecule has 272 valence electrons. The molecule has 2 rings (SSSR count). The quantitative estimate of drug-likeness (QED) is 0.0747. The summed E-state index contributed by atoms with van der Waals surface area (Å²) >= 11 is 0.